The van der Waals surface area contributed by atoms with Gasteiger partial charge in [-0.15, -0.1) is 0 Å². The smallest absolute Gasteiger partial charge is 0.254 e. The lowest BCUT2D eigenvalue weighted by atomic mass is 9.96. The summed E-state index contributed by atoms with van der Waals surface area (Å²) in [5.74, 6) is -8.17. The molecule has 2 aromatic rings. The zero-order chi connectivity index (χ0) is 16.6. The van der Waals surface area contributed by atoms with Crippen LogP contribution in [0.2, 0.25) is 0 Å². The molecule has 1 saturated carbocycles. The second-order valence-corrected chi connectivity index (χ2v) is 5.68. The summed E-state index contributed by atoms with van der Waals surface area (Å²) in [6.45, 7) is 0.218. The molecular weight excluding hydrogens is 310 g/mol. The van der Waals surface area contributed by atoms with Crippen molar-refractivity contribution in [1.29, 1.82) is 0 Å². The normalized spacial score (nSPS) is 15.3. The lowest BCUT2D eigenvalue weighted by Gasteiger charge is -2.17. The summed E-state index contributed by atoms with van der Waals surface area (Å²) in [6.07, 6.45) is 1.71. The van der Waals surface area contributed by atoms with Crippen LogP contribution in [0.4, 0.5) is 17.6 Å². The van der Waals surface area contributed by atoms with Gasteiger partial charge in [-0.25, -0.2) is 17.6 Å². The van der Waals surface area contributed by atoms with E-state index in [1.54, 1.807) is 0 Å². The van der Waals surface area contributed by atoms with Crippen molar-refractivity contribution in [3.63, 3.8) is 0 Å². The van der Waals surface area contributed by atoms with Crippen LogP contribution in [-0.2, 0) is 5.41 Å². The fraction of sp³-hybridized carbons (Fsp3) is 0.235. The predicted octanol–water partition coefficient (Wildman–Crippen LogP) is 3.70. The number of carbonyl (C=O) groups excluding carboxylic acids is 1. The van der Waals surface area contributed by atoms with E-state index in [9.17, 15) is 22.4 Å². The highest BCUT2D eigenvalue weighted by atomic mass is 19.2. The van der Waals surface area contributed by atoms with Gasteiger partial charge in [0.1, 0.15) is 0 Å². The number of nitrogens with one attached hydrogen (secondary N) is 1. The van der Waals surface area contributed by atoms with Crippen LogP contribution in [0.5, 0.6) is 0 Å². The summed E-state index contributed by atoms with van der Waals surface area (Å²) in [6, 6.07) is 9.85. The molecule has 2 aromatic carbocycles. The van der Waals surface area contributed by atoms with Crippen molar-refractivity contribution in [1.82, 2.24) is 5.32 Å². The molecule has 1 N–H and O–H groups in total. The maximum absolute atomic E-state index is 13.6. The summed E-state index contributed by atoms with van der Waals surface area (Å²) >= 11 is 0. The Kier molecular flexibility index (Phi) is 3.83. The van der Waals surface area contributed by atoms with E-state index in [1.165, 1.54) is 0 Å². The number of amides is 1. The molecule has 120 valence electrons. The Bertz CT molecular complexity index is 757. The van der Waals surface area contributed by atoms with Crippen LogP contribution in [0.3, 0.4) is 0 Å². The van der Waals surface area contributed by atoms with Gasteiger partial charge in [0, 0.05) is 12.0 Å². The third-order valence-corrected chi connectivity index (χ3v) is 4.17. The Morgan fingerprint density at radius 3 is 2.26 bits per heavy atom. The lowest BCUT2D eigenvalue weighted by molar-refractivity contribution is 0.0943. The largest absolute Gasteiger partial charge is 0.351 e. The van der Waals surface area contributed by atoms with Crippen molar-refractivity contribution in [2.45, 2.75) is 18.3 Å². The molecule has 1 fully saturated rings. The molecule has 0 radical (unpaired) electrons. The second kappa shape index (κ2) is 5.68. The first-order chi connectivity index (χ1) is 10.9. The molecule has 0 unspecified atom stereocenters. The van der Waals surface area contributed by atoms with Crippen molar-refractivity contribution < 1.29 is 22.4 Å². The summed E-state index contributed by atoms with van der Waals surface area (Å²) < 4.78 is 52.9. The van der Waals surface area contributed by atoms with Crippen molar-refractivity contribution in [2.24, 2.45) is 0 Å². The molecule has 0 heterocycles. The first-order valence-corrected chi connectivity index (χ1v) is 7.11. The molecule has 23 heavy (non-hydrogen) atoms. The molecule has 1 aliphatic rings. The zero-order valence-electron chi connectivity index (χ0n) is 12.0. The minimum atomic E-state index is -1.99. The highest BCUT2D eigenvalue weighted by molar-refractivity contribution is 5.94. The Labute approximate surface area is 130 Å². The monoisotopic (exact) mass is 323 g/mol. The minimum Gasteiger partial charge on any atom is -0.351 e. The van der Waals surface area contributed by atoms with Crippen molar-refractivity contribution in [3.05, 3.63) is 70.8 Å². The van der Waals surface area contributed by atoms with Crippen LogP contribution in [0.25, 0.3) is 0 Å². The van der Waals surface area contributed by atoms with Crippen LogP contribution >= 0.6 is 0 Å². The molecule has 3 rings (SSSR count). The van der Waals surface area contributed by atoms with Crippen LogP contribution in [0, 0.1) is 23.3 Å². The Hall–Kier alpha value is -2.37. The number of benzene rings is 2. The molecular formula is C17H13F4NO. The standard InChI is InChI=1S/C17H13F4NO/c18-12-8-11(13(19)15(21)14(12)20)16(23)22-9-17(6-7-17)10-4-2-1-3-5-10/h1-5,8H,6-7,9H2,(H,22,23). The zero-order valence-corrected chi connectivity index (χ0v) is 12.0. The Morgan fingerprint density at radius 1 is 1.00 bits per heavy atom. The van der Waals surface area contributed by atoms with Crippen LogP contribution < -0.4 is 5.32 Å². The third kappa shape index (κ3) is 2.81. The van der Waals surface area contributed by atoms with Gasteiger partial charge < -0.3 is 5.32 Å². The number of hydrogen-bond donors (Lipinski definition) is 1. The van der Waals surface area contributed by atoms with Gasteiger partial charge in [-0.1, -0.05) is 30.3 Å². The van der Waals surface area contributed by atoms with Crippen LogP contribution in [0.1, 0.15) is 28.8 Å². The molecule has 2 nitrogen and oxygen atoms in total. The van der Waals surface area contributed by atoms with Gasteiger partial charge in [-0.2, -0.15) is 0 Å². The topological polar surface area (TPSA) is 29.1 Å². The van der Waals surface area contributed by atoms with Gasteiger partial charge in [0.05, 0.1) is 5.56 Å². The summed E-state index contributed by atoms with van der Waals surface area (Å²) in [4.78, 5) is 12.0. The highest BCUT2D eigenvalue weighted by Crippen LogP contribution is 2.47. The summed E-state index contributed by atoms with van der Waals surface area (Å²) in [7, 11) is 0. The fourth-order valence-corrected chi connectivity index (χ4v) is 2.59. The average Bonchev–Trinajstić information content (AvgIpc) is 3.36. The maximum Gasteiger partial charge on any atom is 0.254 e. The molecule has 6 heteroatoms. The summed E-state index contributed by atoms with van der Waals surface area (Å²) in [5.41, 5.74) is -0.0349. The lowest BCUT2D eigenvalue weighted by Crippen LogP contribution is -2.33. The van der Waals surface area contributed by atoms with Gasteiger partial charge in [-0.05, 0) is 24.5 Å². The first kappa shape index (κ1) is 15.5. The molecule has 0 atom stereocenters. The van der Waals surface area contributed by atoms with E-state index in [0.29, 0.717) is 6.07 Å². The molecule has 1 aliphatic carbocycles. The van der Waals surface area contributed by atoms with E-state index >= 15 is 0 Å². The molecule has 1 amide bonds. The van der Waals surface area contributed by atoms with E-state index in [2.05, 4.69) is 5.32 Å². The van der Waals surface area contributed by atoms with Crippen molar-refractivity contribution in [3.8, 4) is 0 Å². The van der Waals surface area contributed by atoms with Gasteiger partial charge in [0.2, 0.25) is 0 Å². The van der Waals surface area contributed by atoms with Crippen molar-refractivity contribution in [2.75, 3.05) is 6.54 Å². The molecule has 0 bridgehead atoms. The Balaban J connectivity index is 1.76. The predicted molar refractivity (Wildman–Crippen MR) is 76.0 cm³/mol. The second-order valence-electron chi connectivity index (χ2n) is 5.68. The van der Waals surface area contributed by atoms with E-state index in [0.717, 1.165) is 18.4 Å². The fourth-order valence-electron chi connectivity index (χ4n) is 2.59. The average molecular weight is 323 g/mol. The van der Waals surface area contributed by atoms with Gasteiger partial charge in [0.25, 0.3) is 5.91 Å². The minimum absolute atomic E-state index is 0.218. The molecule has 0 spiro atoms. The number of carbonyl (C=O) groups is 1. The highest BCUT2D eigenvalue weighted by Gasteiger charge is 2.44. The van der Waals surface area contributed by atoms with Crippen LogP contribution in [0.15, 0.2) is 36.4 Å². The van der Waals surface area contributed by atoms with E-state index in [-0.39, 0.29) is 12.0 Å². The molecule has 0 saturated heterocycles. The summed E-state index contributed by atoms with van der Waals surface area (Å²) in [5, 5.41) is 2.48. The van der Waals surface area contributed by atoms with Crippen molar-refractivity contribution >= 4 is 5.91 Å². The van der Waals surface area contributed by atoms with E-state index in [4.69, 9.17) is 0 Å². The number of rotatable bonds is 4. The number of hydrogen-bond acceptors (Lipinski definition) is 1. The number of halogens is 4. The Morgan fingerprint density at radius 2 is 1.65 bits per heavy atom. The van der Waals surface area contributed by atoms with E-state index in [1.807, 2.05) is 30.3 Å². The van der Waals surface area contributed by atoms with Gasteiger partial charge in [0.15, 0.2) is 23.3 Å². The van der Waals surface area contributed by atoms with Gasteiger partial charge in [-0.3, -0.25) is 4.79 Å². The quantitative estimate of drug-likeness (QED) is 0.519. The third-order valence-electron chi connectivity index (χ3n) is 4.17. The van der Waals surface area contributed by atoms with Crippen LogP contribution in [-0.4, -0.2) is 12.5 Å². The van der Waals surface area contributed by atoms with E-state index < -0.39 is 34.7 Å². The molecule has 0 aromatic heterocycles. The maximum atomic E-state index is 13.6. The van der Waals surface area contributed by atoms with Gasteiger partial charge >= 0.3 is 0 Å². The SMILES string of the molecule is O=C(NCC1(c2ccccc2)CC1)c1cc(F)c(F)c(F)c1F. The molecule has 0 aliphatic heterocycles. The first-order valence-electron chi connectivity index (χ1n) is 7.11.